The number of benzene rings is 1. The molecule has 0 aromatic heterocycles. The summed E-state index contributed by atoms with van der Waals surface area (Å²) in [6, 6.07) is 4.46. The van der Waals surface area contributed by atoms with E-state index >= 15 is 0 Å². The molecule has 3 nitrogen and oxygen atoms in total. The van der Waals surface area contributed by atoms with Crippen LogP contribution in [-0.2, 0) is 5.54 Å². The SMILES string of the molecule is COc1cc(C)c(C)cc1C1(C)CN(C)CCN1C. The van der Waals surface area contributed by atoms with Crippen molar-refractivity contribution < 1.29 is 4.74 Å². The molecule has 1 aromatic carbocycles. The molecule has 0 spiro atoms. The van der Waals surface area contributed by atoms with Crippen LogP contribution in [0.15, 0.2) is 12.1 Å². The van der Waals surface area contributed by atoms with Gasteiger partial charge in [0.2, 0.25) is 0 Å². The van der Waals surface area contributed by atoms with Gasteiger partial charge in [-0.15, -0.1) is 0 Å². The van der Waals surface area contributed by atoms with Gasteiger partial charge in [-0.3, -0.25) is 4.90 Å². The second-order valence-corrected chi connectivity index (χ2v) is 6.07. The third-order valence-corrected chi connectivity index (χ3v) is 4.63. The van der Waals surface area contributed by atoms with Gasteiger partial charge in [0.1, 0.15) is 5.75 Å². The Morgan fingerprint density at radius 1 is 1.11 bits per heavy atom. The zero-order chi connectivity index (χ0) is 14.2. The number of methoxy groups -OCH3 is 1. The van der Waals surface area contributed by atoms with E-state index in [4.69, 9.17) is 4.74 Å². The van der Waals surface area contributed by atoms with Gasteiger partial charge in [-0.1, -0.05) is 6.07 Å². The van der Waals surface area contributed by atoms with Gasteiger partial charge in [0.05, 0.1) is 12.6 Å². The highest BCUT2D eigenvalue weighted by atomic mass is 16.5. The number of hydrogen-bond acceptors (Lipinski definition) is 3. The molecule has 1 saturated heterocycles. The summed E-state index contributed by atoms with van der Waals surface area (Å²) in [7, 11) is 6.17. The molecule has 2 rings (SSSR count). The van der Waals surface area contributed by atoms with Gasteiger partial charge in [0.25, 0.3) is 0 Å². The normalized spacial score (nSPS) is 25.6. The second kappa shape index (κ2) is 5.14. The number of piperazine rings is 1. The molecule has 1 fully saturated rings. The van der Waals surface area contributed by atoms with Crippen LogP contribution in [0.5, 0.6) is 5.75 Å². The van der Waals surface area contributed by atoms with E-state index in [-0.39, 0.29) is 5.54 Å². The molecule has 1 aliphatic heterocycles. The predicted octanol–water partition coefficient (Wildman–Crippen LogP) is 2.40. The lowest BCUT2D eigenvalue weighted by Crippen LogP contribution is -2.56. The first-order chi connectivity index (χ1) is 8.88. The van der Waals surface area contributed by atoms with Gasteiger partial charge in [-0.25, -0.2) is 0 Å². The third kappa shape index (κ3) is 2.49. The number of likely N-dealkylation sites (N-methyl/N-ethyl adjacent to an activating group) is 2. The van der Waals surface area contributed by atoms with E-state index in [1.54, 1.807) is 7.11 Å². The van der Waals surface area contributed by atoms with E-state index in [9.17, 15) is 0 Å². The molecule has 0 N–H and O–H groups in total. The van der Waals surface area contributed by atoms with E-state index in [2.05, 4.69) is 56.8 Å². The Balaban J connectivity index is 2.52. The minimum Gasteiger partial charge on any atom is -0.496 e. The van der Waals surface area contributed by atoms with Gasteiger partial charge in [0.15, 0.2) is 0 Å². The summed E-state index contributed by atoms with van der Waals surface area (Å²) in [5.74, 6) is 1.01. The van der Waals surface area contributed by atoms with E-state index in [0.29, 0.717) is 0 Å². The zero-order valence-electron chi connectivity index (χ0n) is 13.1. The van der Waals surface area contributed by atoms with Crippen molar-refractivity contribution in [3.63, 3.8) is 0 Å². The van der Waals surface area contributed by atoms with Crippen LogP contribution in [0, 0.1) is 13.8 Å². The minimum atomic E-state index is 0.0107. The molecule has 19 heavy (non-hydrogen) atoms. The quantitative estimate of drug-likeness (QED) is 0.814. The van der Waals surface area contributed by atoms with E-state index in [1.165, 1.54) is 16.7 Å². The van der Waals surface area contributed by atoms with E-state index < -0.39 is 0 Å². The molecule has 1 atom stereocenters. The Morgan fingerprint density at radius 2 is 1.74 bits per heavy atom. The summed E-state index contributed by atoms with van der Waals surface area (Å²) >= 11 is 0. The molecule has 1 unspecified atom stereocenters. The number of hydrogen-bond donors (Lipinski definition) is 0. The highest BCUT2D eigenvalue weighted by molar-refractivity contribution is 5.46. The molecule has 1 aliphatic rings. The molecule has 3 heteroatoms. The molecule has 0 saturated carbocycles. The molecule has 0 bridgehead atoms. The highest BCUT2D eigenvalue weighted by Gasteiger charge is 2.38. The van der Waals surface area contributed by atoms with Crippen LogP contribution in [-0.4, -0.2) is 50.6 Å². The fraction of sp³-hybridized carbons (Fsp3) is 0.625. The lowest BCUT2D eigenvalue weighted by molar-refractivity contribution is 0.0362. The Morgan fingerprint density at radius 3 is 2.37 bits per heavy atom. The first kappa shape index (κ1) is 14.4. The van der Waals surface area contributed by atoms with Crippen molar-refractivity contribution in [2.45, 2.75) is 26.3 Å². The first-order valence-corrected chi connectivity index (χ1v) is 6.94. The maximum Gasteiger partial charge on any atom is 0.124 e. The summed E-state index contributed by atoms with van der Waals surface area (Å²) in [4.78, 5) is 4.84. The molecule has 0 amide bonds. The van der Waals surface area contributed by atoms with Crippen molar-refractivity contribution in [1.29, 1.82) is 0 Å². The van der Waals surface area contributed by atoms with Crippen LogP contribution in [0.2, 0.25) is 0 Å². The molecule has 1 aromatic rings. The largest absolute Gasteiger partial charge is 0.496 e. The summed E-state index contributed by atoms with van der Waals surface area (Å²) in [6.45, 7) is 9.87. The monoisotopic (exact) mass is 262 g/mol. The summed E-state index contributed by atoms with van der Waals surface area (Å²) in [5.41, 5.74) is 3.93. The molecule has 0 aliphatic carbocycles. The molecular formula is C16H26N2O. The molecular weight excluding hydrogens is 236 g/mol. The van der Waals surface area contributed by atoms with Crippen molar-refractivity contribution >= 4 is 0 Å². The summed E-state index contributed by atoms with van der Waals surface area (Å²) in [5, 5.41) is 0. The molecule has 1 heterocycles. The van der Waals surface area contributed by atoms with Gasteiger partial charge >= 0.3 is 0 Å². The topological polar surface area (TPSA) is 15.7 Å². The van der Waals surface area contributed by atoms with Crippen molar-refractivity contribution in [2.24, 2.45) is 0 Å². The lowest BCUT2D eigenvalue weighted by Gasteiger charge is -2.47. The van der Waals surface area contributed by atoms with Crippen LogP contribution in [0.25, 0.3) is 0 Å². The fourth-order valence-corrected chi connectivity index (χ4v) is 2.96. The number of ether oxygens (including phenoxy) is 1. The van der Waals surface area contributed by atoms with Crippen molar-refractivity contribution in [1.82, 2.24) is 9.80 Å². The van der Waals surface area contributed by atoms with Crippen molar-refractivity contribution in [3.05, 3.63) is 28.8 Å². The fourth-order valence-electron chi connectivity index (χ4n) is 2.96. The number of rotatable bonds is 2. The Bertz CT molecular complexity index is 472. The van der Waals surface area contributed by atoms with Crippen LogP contribution in [0.3, 0.4) is 0 Å². The average Bonchev–Trinajstić information content (AvgIpc) is 2.37. The Hall–Kier alpha value is -1.06. The maximum absolute atomic E-state index is 5.64. The maximum atomic E-state index is 5.64. The van der Waals surface area contributed by atoms with Crippen molar-refractivity contribution in [3.8, 4) is 5.75 Å². The Labute approximate surface area is 117 Å². The Kier molecular flexibility index (Phi) is 3.88. The third-order valence-electron chi connectivity index (χ3n) is 4.63. The predicted molar refractivity (Wildman–Crippen MR) is 79.9 cm³/mol. The van der Waals surface area contributed by atoms with Gasteiger partial charge < -0.3 is 9.64 Å². The average molecular weight is 262 g/mol. The van der Waals surface area contributed by atoms with Gasteiger partial charge in [0, 0.05) is 25.2 Å². The van der Waals surface area contributed by atoms with Crippen LogP contribution in [0.1, 0.15) is 23.6 Å². The van der Waals surface area contributed by atoms with Gasteiger partial charge in [-0.05, 0) is 52.1 Å². The smallest absolute Gasteiger partial charge is 0.124 e. The number of nitrogens with zero attached hydrogens (tertiary/aromatic N) is 2. The van der Waals surface area contributed by atoms with E-state index in [1.807, 2.05) is 0 Å². The summed E-state index contributed by atoms with van der Waals surface area (Å²) in [6.07, 6.45) is 0. The van der Waals surface area contributed by atoms with Crippen LogP contribution >= 0.6 is 0 Å². The van der Waals surface area contributed by atoms with E-state index in [0.717, 1.165) is 25.4 Å². The van der Waals surface area contributed by atoms with Crippen LogP contribution < -0.4 is 4.74 Å². The van der Waals surface area contributed by atoms with Crippen molar-refractivity contribution in [2.75, 3.05) is 40.8 Å². The molecule has 0 radical (unpaired) electrons. The second-order valence-electron chi connectivity index (χ2n) is 6.07. The standard InChI is InChI=1S/C16H26N2O/c1-12-9-14(15(19-6)10-13(12)2)16(3)11-17(4)7-8-18(16)5/h9-10H,7-8,11H2,1-6H3. The summed E-state index contributed by atoms with van der Waals surface area (Å²) < 4.78 is 5.64. The van der Waals surface area contributed by atoms with Gasteiger partial charge in [-0.2, -0.15) is 0 Å². The first-order valence-electron chi connectivity index (χ1n) is 6.94. The molecule has 106 valence electrons. The lowest BCUT2D eigenvalue weighted by atomic mass is 9.85. The zero-order valence-corrected chi connectivity index (χ0v) is 13.1. The highest BCUT2D eigenvalue weighted by Crippen LogP contribution is 2.37. The minimum absolute atomic E-state index is 0.0107. The number of aryl methyl sites for hydroxylation is 2. The van der Waals surface area contributed by atoms with Crippen LogP contribution in [0.4, 0.5) is 0 Å².